The maximum atomic E-state index is 10.3. The summed E-state index contributed by atoms with van der Waals surface area (Å²) in [4.78, 5) is 0. The van der Waals surface area contributed by atoms with Crippen LogP contribution in [0.15, 0.2) is 46.9 Å². The highest BCUT2D eigenvalue weighted by atomic mass is 79.9. The van der Waals surface area contributed by atoms with E-state index in [4.69, 9.17) is 23.2 Å². The van der Waals surface area contributed by atoms with Gasteiger partial charge in [-0.25, -0.2) is 0 Å². The Bertz CT molecular complexity index is 522. The van der Waals surface area contributed by atoms with Crippen molar-refractivity contribution in [1.29, 1.82) is 0 Å². The van der Waals surface area contributed by atoms with E-state index in [9.17, 15) is 5.11 Å². The van der Waals surface area contributed by atoms with E-state index in [-0.39, 0.29) is 0 Å². The van der Waals surface area contributed by atoms with Crippen LogP contribution in [0.25, 0.3) is 0 Å². The fourth-order valence-electron chi connectivity index (χ4n) is 1.61. The summed E-state index contributed by atoms with van der Waals surface area (Å²) in [6.07, 6.45) is -0.779. The van der Waals surface area contributed by atoms with Gasteiger partial charge in [-0.15, -0.1) is 0 Å². The van der Waals surface area contributed by atoms with Gasteiger partial charge in [0.1, 0.15) is 6.10 Å². The molecule has 1 N–H and O–H groups in total. The molecule has 88 valence electrons. The number of aliphatic hydroxyl groups is 1. The zero-order valence-corrected chi connectivity index (χ0v) is 11.8. The van der Waals surface area contributed by atoms with E-state index in [1.807, 2.05) is 18.2 Å². The van der Waals surface area contributed by atoms with E-state index in [1.54, 1.807) is 24.3 Å². The largest absolute Gasteiger partial charge is 0.384 e. The number of rotatable bonds is 2. The molecule has 0 bridgehead atoms. The molecule has 1 unspecified atom stereocenters. The fraction of sp³-hybridized carbons (Fsp3) is 0.0769. The smallest absolute Gasteiger partial charge is 0.106 e. The zero-order valence-electron chi connectivity index (χ0n) is 8.70. The quantitative estimate of drug-likeness (QED) is 0.835. The van der Waals surface area contributed by atoms with Crippen molar-refractivity contribution in [3.63, 3.8) is 0 Å². The summed E-state index contributed by atoms with van der Waals surface area (Å²) in [7, 11) is 0. The number of hydrogen-bond acceptors (Lipinski definition) is 1. The standard InChI is InChI=1S/C13H9BrCl2O/c14-9-5-8(6-10(15)7-9)13(17)11-3-1-2-4-12(11)16/h1-7,13,17H. The molecule has 0 amide bonds. The second kappa shape index (κ2) is 5.40. The van der Waals surface area contributed by atoms with E-state index in [0.29, 0.717) is 21.2 Å². The summed E-state index contributed by atoms with van der Waals surface area (Å²) in [5.41, 5.74) is 1.38. The van der Waals surface area contributed by atoms with Gasteiger partial charge < -0.3 is 5.11 Å². The fourth-order valence-corrected chi connectivity index (χ4v) is 2.73. The van der Waals surface area contributed by atoms with E-state index in [2.05, 4.69) is 15.9 Å². The van der Waals surface area contributed by atoms with Gasteiger partial charge in [-0.3, -0.25) is 0 Å². The minimum atomic E-state index is -0.779. The van der Waals surface area contributed by atoms with Crippen LogP contribution >= 0.6 is 39.1 Å². The molecular weight excluding hydrogens is 323 g/mol. The van der Waals surface area contributed by atoms with Gasteiger partial charge in [0.05, 0.1) is 0 Å². The third-order valence-corrected chi connectivity index (χ3v) is 3.42. The van der Waals surface area contributed by atoms with Crippen LogP contribution in [-0.4, -0.2) is 5.11 Å². The summed E-state index contributed by atoms with van der Waals surface area (Å²) < 4.78 is 0.825. The highest BCUT2D eigenvalue weighted by molar-refractivity contribution is 9.10. The molecule has 0 fully saturated rings. The first kappa shape index (κ1) is 12.9. The SMILES string of the molecule is OC(c1cc(Cl)cc(Br)c1)c1ccccc1Cl. The molecule has 0 saturated heterocycles. The van der Waals surface area contributed by atoms with Crippen molar-refractivity contribution in [1.82, 2.24) is 0 Å². The maximum Gasteiger partial charge on any atom is 0.106 e. The Hall–Kier alpha value is -0.540. The Morgan fingerprint density at radius 2 is 1.76 bits per heavy atom. The van der Waals surface area contributed by atoms with E-state index < -0.39 is 6.10 Å². The van der Waals surface area contributed by atoms with Crippen LogP contribution < -0.4 is 0 Å². The van der Waals surface area contributed by atoms with Gasteiger partial charge in [0.25, 0.3) is 0 Å². The number of halogens is 3. The predicted molar refractivity (Wildman–Crippen MR) is 74.7 cm³/mol. The van der Waals surface area contributed by atoms with E-state index >= 15 is 0 Å². The van der Waals surface area contributed by atoms with Gasteiger partial charge >= 0.3 is 0 Å². The van der Waals surface area contributed by atoms with Gasteiger partial charge in [-0.05, 0) is 29.8 Å². The molecule has 1 atom stereocenters. The lowest BCUT2D eigenvalue weighted by Crippen LogP contribution is -2.00. The summed E-state index contributed by atoms with van der Waals surface area (Å²) in [5, 5.41) is 11.4. The van der Waals surface area contributed by atoms with Crippen LogP contribution in [0.1, 0.15) is 17.2 Å². The lowest BCUT2D eigenvalue weighted by Gasteiger charge is -2.13. The van der Waals surface area contributed by atoms with Crippen LogP contribution in [0, 0.1) is 0 Å². The Morgan fingerprint density at radius 3 is 2.41 bits per heavy atom. The van der Waals surface area contributed by atoms with Gasteiger partial charge in [-0.2, -0.15) is 0 Å². The molecule has 0 spiro atoms. The molecule has 2 rings (SSSR count). The molecular formula is C13H9BrCl2O. The van der Waals surface area contributed by atoms with E-state index in [1.165, 1.54) is 0 Å². The van der Waals surface area contributed by atoms with Gasteiger partial charge in [0, 0.05) is 20.1 Å². The van der Waals surface area contributed by atoms with Crippen molar-refractivity contribution < 1.29 is 5.11 Å². The Labute approximate surface area is 118 Å². The Kier molecular flexibility index (Phi) is 4.10. The average molecular weight is 332 g/mol. The minimum Gasteiger partial charge on any atom is -0.384 e. The van der Waals surface area contributed by atoms with E-state index in [0.717, 1.165) is 4.47 Å². The Balaban J connectivity index is 2.43. The van der Waals surface area contributed by atoms with Crippen molar-refractivity contribution in [2.45, 2.75) is 6.10 Å². The zero-order chi connectivity index (χ0) is 12.4. The molecule has 0 aliphatic heterocycles. The molecule has 0 aliphatic carbocycles. The molecule has 0 saturated carbocycles. The van der Waals surface area contributed by atoms with Gasteiger partial charge in [0.2, 0.25) is 0 Å². The first-order valence-electron chi connectivity index (χ1n) is 4.96. The Morgan fingerprint density at radius 1 is 1.06 bits per heavy atom. The van der Waals surface area contributed by atoms with Crippen LogP contribution in [0.2, 0.25) is 10.0 Å². The first-order chi connectivity index (χ1) is 8.08. The third kappa shape index (κ3) is 3.02. The van der Waals surface area contributed by atoms with Crippen LogP contribution in [0.3, 0.4) is 0 Å². The number of aliphatic hydroxyl groups excluding tert-OH is 1. The molecule has 2 aromatic rings. The molecule has 0 radical (unpaired) electrons. The second-order valence-electron chi connectivity index (χ2n) is 3.63. The maximum absolute atomic E-state index is 10.3. The van der Waals surface area contributed by atoms with Gasteiger partial charge in [-0.1, -0.05) is 57.3 Å². The molecule has 4 heteroatoms. The first-order valence-corrected chi connectivity index (χ1v) is 6.51. The molecule has 0 aliphatic rings. The lowest BCUT2D eigenvalue weighted by atomic mass is 10.0. The van der Waals surface area contributed by atoms with Crippen molar-refractivity contribution in [2.75, 3.05) is 0 Å². The second-order valence-corrected chi connectivity index (χ2v) is 5.39. The topological polar surface area (TPSA) is 20.2 Å². The normalized spacial score (nSPS) is 12.5. The molecule has 0 aromatic heterocycles. The lowest BCUT2D eigenvalue weighted by molar-refractivity contribution is 0.220. The average Bonchev–Trinajstić information content (AvgIpc) is 2.27. The summed E-state index contributed by atoms with van der Waals surface area (Å²) >= 11 is 15.3. The van der Waals surface area contributed by atoms with Crippen molar-refractivity contribution in [3.05, 3.63) is 68.1 Å². The van der Waals surface area contributed by atoms with Crippen molar-refractivity contribution in [3.8, 4) is 0 Å². The van der Waals surface area contributed by atoms with Crippen molar-refractivity contribution >= 4 is 39.1 Å². The molecule has 1 nitrogen and oxygen atoms in total. The number of hydrogen-bond donors (Lipinski definition) is 1. The summed E-state index contributed by atoms with van der Waals surface area (Å²) in [6, 6.07) is 12.5. The predicted octanol–water partition coefficient (Wildman–Crippen LogP) is 4.84. The highest BCUT2D eigenvalue weighted by Crippen LogP contribution is 2.31. The third-order valence-electron chi connectivity index (χ3n) is 2.40. The molecule has 0 heterocycles. The highest BCUT2D eigenvalue weighted by Gasteiger charge is 2.14. The number of benzene rings is 2. The summed E-state index contributed by atoms with van der Waals surface area (Å²) in [5.74, 6) is 0. The molecule has 17 heavy (non-hydrogen) atoms. The van der Waals surface area contributed by atoms with Crippen LogP contribution in [0.4, 0.5) is 0 Å². The minimum absolute atomic E-state index is 0.538. The monoisotopic (exact) mass is 330 g/mol. The van der Waals surface area contributed by atoms with Crippen LogP contribution in [0.5, 0.6) is 0 Å². The molecule has 2 aromatic carbocycles. The van der Waals surface area contributed by atoms with Gasteiger partial charge in [0.15, 0.2) is 0 Å². The van der Waals surface area contributed by atoms with Crippen LogP contribution in [-0.2, 0) is 0 Å². The van der Waals surface area contributed by atoms with Crippen molar-refractivity contribution in [2.24, 2.45) is 0 Å². The summed E-state index contributed by atoms with van der Waals surface area (Å²) in [6.45, 7) is 0.